The third kappa shape index (κ3) is 3.37. The fourth-order valence-electron chi connectivity index (χ4n) is 2.56. The summed E-state index contributed by atoms with van der Waals surface area (Å²) < 4.78 is 0. The minimum atomic E-state index is 0.132. The summed E-state index contributed by atoms with van der Waals surface area (Å²) in [5.74, 6) is 2.86. The van der Waals surface area contributed by atoms with Crippen LogP contribution in [0.1, 0.15) is 25.6 Å². The first kappa shape index (κ1) is 14.6. The molecule has 0 unspecified atom stereocenters. The van der Waals surface area contributed by atoms with Crippen LogP contribution in [0.4, 0.5) is 11.6 Å². The number of anilines is 2. The van der Waals surface area contributed by atoms with Gasteiger partial charge in [-0.15, -0.1) is 0 Å². The van der Waals surface area contributed by atoms with E-state index in [-0.39, 0.29) is 11.8 Å². The molecule has 0 radical (unpaired) electrons. The molecule has 1 aliphatic rings. The third-order valence-corrected chi connectivity index (χ3v) is 3.62. The van der Waals surface area contributed by atoms with E-state index in [4.69, 9.17) is 0 Å². The Morgan fingerprint density at radius 2 is 2.10 bits per heavy atom. The lowest BCUT2D eigenvalue weighted by molar-refractivity contribution is -0.125. The molecule has 0 bridgehead atoms. The van der Waals surface area contributed by atoms with Crippen LogP contribution in [-0.4, -0.2) is 42.6 Å². The van der Waals surface area contributed by atoms with Crippen molar-refractivity contribution in [2.45, 2.75) is 26.7 Å². The number of carbonyl (C=O) groups is 1. The van der Waals surface area contributed by atoms with Crippen LogP contribution in [0.3, 0.4) is 0 Å². The van der Waals surface area contributed by atoms with Crippen molar-refractivity contribution in [3.8, 4) is 0 Å². The molecular formula is C14H23N5O. The maximum absolute atomic E-state index is 11.6. The van der Waals surface area contributed by atoms with Crippen molar-refractivity contribution in [3.05, 3.63) is 11.9 Å². The Hall–Kier alpha value is -1.85. The normalized spacial score (nSPS) is 16.1. The second-order valence-corrected chi connectivity index (χ2v) is 5.06. The van der Waals surface area contributed by atoms with Crippen LogP contribution >= 0.6 is 0 Å². The van der Waals surface area contributed by atoms with E-state index in [0.717, 1.165) is 49.9 Å². The lowest BCUT2D eigenvalue weighted by Gasteiger charge is -2.32. The van der Waals surface area contributed by atoms with Gasteiger partial charge < -0.3 is 15.5 Å². The van der Waals surface area contributed by atoms with Crippen molar-refractivity contribution in [2.75, 3.05) is 36.9 Å². The zero-order valence-electron chi connectivity index (χ0n) is 12.4. The standard InChI is InChI=1S/C14H23N5O/c1-4-16-12-9-13(18-10(2)17-12)19-7-5-11(6-8-19)14(20)15-3/h9,11H,4-8H2,1-3H3,(H,15,20)(H,16,17,18). The number of carbonyl (C=O) groups excluding carboxylic acids is 1. The number of amides is 1. The molecule has 1 amide bonds. The number of aromatic nitrogens is 2. The molecule has 0 atom stereocenters. The van der Waals surface area contributed by atoms with Gasteiger partial charge in [0.1, 0.15) is 17.5 Å². The molecule has 0 aromatic carbocycles. The van der Waals surface area contributed by atoms with E-state index in [1.165, 1.54) is 0 Å². The molecule has 6 heteroatoms. The van der Waals surface area contributed by atoms with E-state index in [9.17, 15) is 4.79 Å². The zero-order chi connectivity index (χ0) is 14.5. The number of nitrogens with zero attached hydrogens (tertiary/aromatic N) is 3. The highest BCUT2D eigenvalue weighted by Crippen LogP contribution is 2.23. The van der Waals surface area contributed by atoms with Gasteiger partial charge in [-0.2, -0.15) is 0 Å². The molecule has 1 aromatic heterocycles. The highest BCUT2D eigenvalue weighted by molar-refractivity contribution is 5.78. The number of rotatable bonds is 4. The van der Waals surface area contributed by atoms with Crippen LogP contribution in [0.15, 0.2) is 6.07 Å². The number of piperidine rings is 1. The zero-order valence-corrected chi connectivity index (χ0v) is 12.4. The smallest absolute Gasteiger partial charge is 0.222 e. The van der Waals surface area contributed by atoms with Crippen molar-refractivity contribution < 1.29 is 4.79 Å². The summed E-state index contributed by atoms with van der Waals surface area (Å²) >= 11 is 0. The minimum absolute atomic E-state index is 0.132. The van der Waals surface area contributed by atoms with Gasteiger partial charge in [-0.05, 0) is 26.7 Å². The molecule has 2 N–H and O–H groups in total. The molecule has 2 rings (SSSR count). The van der Waals surface area contributed by atoms with E-state index < -0.39 is 0 Å². The Morgan fingerprint density at radius 1 is 1.40 bits per heavy atom. The van der Waals surface area contributed by atoms with Gasteiger partial charge in [-0.1, -0.05) is 0 Å². The Labute approximate surface area is 120 Å². The molecule has 1 aliphatic heterocycles. The van der Waals surface area contributed by atoms with E-state index in [0.29, 0.717) is 0 Å². The monoisotopic (exact) mass is 277 g/mol. The fraction of sp³-hybridized carbons (Fsp3) is 0.643. The number of nitrogens with one attached hydrogen (secondary N) is 2. The highest BCUT2D eigenvalue weighted by atomic mass is 16.1. The predicted molar refractivity (Wildman–Crippen MR) is 79.9 cm³/mol. The van der Waals surface area contributed by atoms with Crippen LogP contribution in [0.2, 0.25) is 0 Å². The van der Waals surface area contributed by atoms with Crippen LogP contribution in [-0.2, 0) is 4.79 Å². The lowest BCUT2D eigenvalue weighted by atomic mass is 9.96. The predicted octanol–water partition coefficient (Wildman–Crippen LogP) is 1.18. The number of hydrogen-bond acceptors (Lipinski definition) is 5. The third-order valence-electron chi connectivity index (χ3n) is 3.62. The summed E-state index contributed by atoms with van der Waals surface area (Å²) in [6.07, 6.45) is 1.75. The molecule has 110 valence electrons. The summed E-state index contributed by atoms with van der Waals surface area (Å²) in [5.41, 5.74) is 0. The lowest BCUT2D eigenvalue weighted by Crippen LogP contribution is -2.40. The van der Waals surface area contributed by atoms with E-state index >= 15 is 0 Å². The summed E-state index contributed by atoms with van der Waals surface area (Å²) in [4.78, 5) is 22.7. The van der Waals surface area contributed by atoms with Gasteiger partial charge >= 0.3 is 0 Å². The largest absolute Gasteiger partial charge is 0.370 e. The van der Waals surface area contributed by atoms with E-state index in [2.05, 4.69) is 25.5 Å². The maximum atomic E-state index is 11.6. The second kappa shape index (κ2) is 6.54. The molecule has 1 saturated heterocycles. The van der Waals surface area contributed by atoms with Gasteiger partial charge in [0.05, 0.1) is 0 Å². The molecule has 6 nitrogen and oxygen atoms in total. The topological polar surface area (TPSA) is 70.2 Å². The molecule has 2 heterocycles. The molecule has 0 spiro atoms. The molecule has 0 saturated carbocycles. The Bertz CT molecular complexity index is 469. The van der Waals surface area contributed by atoms with Crippen LogP contribution in [0.5, 0.6) is 0 Å². The summed E-state index contributed by atoms with van der Waals surface area (Å²) in [6, 6.07) is 1.98. The van der Waals surface area contributed by atoms with Gasteiger partial charge in [0.25, 0.3) is 0 Å². The van der Waals surface area contributed by atoms with Gasteiger partial charge in [0, 0.05) is 38.7 Å². The molecule has 20 heavy (non-hydrogen) atoms. The van der Waals surface area contributed by atoms with E-state index in [1.54, 1.807) is 7.05 Å². The second-order valence-electron chi connectivity index (χ2n) is 5.06. The Kier molecular flexibility index (Phi) is 4.76. The van der Waals surface area contributed by atoms with Gasteiger partial charge in [-0.25, -0.2) is 9.97 Å². The summed E-state index contributed by atoms with van der Waals surface area (Å²) in [7, 11) is 1.70. The van der Waals surface area contributed by atoms with Crippen molar-refractivity contribution in [1.82, 2.24) is 15.3 Å². The first-order valence-electron chi connectivity index (χ1n) is 7.20. The average molecular weight is 277 g/mol. The molecule has 0 aliphatic carbocycles. The number of aryl methyl sites for hydroxylation is 1. The fourth-order valence-corrected chi connectivity index (χ4v) is 2.56. The molecule has 1 aromatic rings. The van der Waals surface area contributed by atoms with Crippen molar-refractivity contribution in [2.24, 2.45) is 5.92 Å². The van der Waals surface area contributed by atoms with Gasteiger partial charge in [0.15, 0.2) is 0 Å². The first-order chi connectivity index (χ1) is 9.63. The SMILES string of the molecule is CCNc1cc(N2CCC(C(=O)NC)CC2)nc(C)n1. The van der Waals surface area contributed by atoms with Crippen LogP contribution in [0, 0.1) is 12.8 Å². The maximum Gasteiger partial charge on any atom is 0.222 e. The van der Waals surface area contributed by atoms with E-state index in [1.807, 2.05) is 19.9 Å². The number of hydrogen-bond donors (Lipinski definition) is 2. The van der Waals surface area contributed by atoms with Crippen LogP contribution < -0.4 is 15.5 Å². The summed E-state index contributed by atoms with van der Waals surface area (Å²) in [6.45, 7) is 6.52. The Morgan fingerprint density at radius 3 is 2.70 bits per heavy atom. The first-order valence-corrected chi connectivity index (χ1v) is 7.20. The van der Waals surface area contributed by atoms with Crippen molar-refractivity contribution in [1.29, 1.82) is 0 Å². The molecular weight excluding hydrogens is 254 g/mol. The van der Waals surface area contributed by atoms with Gasteiger partial charge in [0.2, 0.25) is 5.91 Å². The van der Waals surface area contributed by atoms with Crippen LogP contribution in [0.25, 0.3) is 0 Å². The van der Waals surface area contributed by atoms with Crippen molar-refractivity contribution in [3.63, 3.8) is 0 Å². The summed E-state index contributed by atoms with van der Waals surface area (Å²) in [5, 5.41) is 5.95. The van der Waals surface area contributed by atoms with Crippen molar-refractivity contribution >= 4 is 17.5 Å². The highest BCUT2D eigenvalue weighted by Gasteiger charge is 2.25. The molecule has 1 fully saturated rings. The quantitative estimate of drug-likeness (QED) is 0.865. The van der Waals surface area contributed by atoms with Gasteiger partial charge in [-0.3, -0.25) is 4.79 Å². The minimum Gasteiger partial charge on any atom is -0.370 e. The Balaban J connectivity index is 2.04. The average Bonchev–Trinajstić information content (AvgIpc) is 2.46.